The smallest absolute Gasteiger partial charge is 0.303 e. The maximum atomic E-state index is 13.2. The lowest BCUT2D eigenvalue weighted by atomic mass is 10.2. The molecule has 1 N–H and O–H groups in total. The number of rotatable bonds is 2. The van der Waals surface area contributed by atoms with Gasteiger partial charge in [-0.05, 0) is 12.1 Å². The van der Waals surface area contributed by atoms with Crippen molar-refractivity contribution in [1.29, 1.82) is 0 Å². The van der Waals surface area contributed by atoms with Crippen molar-refractivity contribution in [3.63, 3.8) is 0 Å². The molecule has 0 amide bonds. The summed E-state index contributed by atoms with van der Waals surface area (Å²) in [5.41, 5.74) is 0. The Kier molecular flexibility index (Phi) is 3.82. The van der Waals surface area contributed by atoms with E-state index in [-0.39, 0.29) is 24.8 Å². The van der Waals surface area contributed by atoms with Gasteiger partial charge in [-0.2, -0.15) is 0 Å². The number of amidine groups is 1. The summed E-state index contributed by atoms with van der Waals surface area (Å²) in [5.74, 6) is -0.0928. The molecule has 2 aliphatic rings. The second-order valence-electron chi connectivity index (χ2n) is 4.10. The first-order valence-corrected chi connectivity index (χ1v) is 5.69. The molecule has 0 spiro atoms. The number of hydrogen-bond donors (Lipinski definition) is 1. The van der Waals surface area contributed by atoms with Crippen molar-refractivity contribution in [3.05, 3.63) is 24.0 Å². The fourth-order valence-corrected chi connectivity index (χ4v) is 2.03. The molecule has 1 unspecified atom stereocenters. The SMILES string of the molecule is COC1(C2=NCCN2)COc2ccc(F)cc2O1.Cl. The highest BCUT2D eigenvalue weighted by Crippen LogP contribution is 2.36. The predicted octanol–water partition coefficient (Wildman–Crippen LogP) is 1.36. The van der Waals surface area contributed by atoms with E-state index in [0.717, 1.165) is 6.54 Å². The Hall–Kier alpha value is -1.53. The summed E-state index contributed by atoms with van der Waals surface area (Å²) in [6, 6.07) is 4.14. The molecule has 0 saturated heterocycles. The Morgan fingerprint density at radius 2 is 2.26 bits per heavy atom. The predicted molar refractivity (Wildman–Crippen MR) is 69.8 cm³/mol. The maximum Gasteiger partial charge on any atom is 0.303 e. The highest BCUT2D eigenvalue weighted by molar-refractivity contribution is 5.91. The fourth-order valence-electron chi connectivity index (χ4n) is 2.03. The Morgan fingerprint density at radius 1 is 1.42 bits per heavy atom. The van der Waals surface area contributed by atoms with Crippen LogP contribution in [0.2, 0.25) is 0 Å². The monoisotopic (exact) mass is 288 g/mol. The molecule has 0 fully saturated rings. The number of nitrogens with one attached hydrogen (secondary N) is 1. The van der Waals surface area contributed by atoms with E-state index in [0.29, 0.717) is 23.9 Å². The normalized spacial score (nSPS) is 24.2. The summed E-state index contributed by atoms with van der Waals surface area (Å²) >= 11 is 0. The van der Waals surface area contributed by atoms with Crippen molar-refractivity contribution < 1.29 is 18.6 Å². The van der Waals surface area contributed by atoms with Gasteiger partial charge in [0.1, 0.15) is 5.82 Å². The van der Waals surface area contributed by atoms with Gasteiger partial charge in [0, 0.05) is 19.7 Å². The summed E-state index contributed by atoms with van der Waals surface area (Å²) in [4.78, 5) is 4.28. The van der Waals surface area contributed by atoms with Gasteiger partial charge in [0.15, 0.2) is 23.9 Å². The molecule has 2 aliphatic heterocycles. The van der Waals surface area contributed by atoms with Gasteiger partial charge >= 0.3 is 5.79 Å². The van der Waals surface area contributed by atoms with Gasteiger partial charge in [0.2, 0.25) is 0 Å². The number of hydrogen-bond acceptors (Lipinski definition) is 5. The van der Waals surface area contributed by atoms with E-state index in [9.17, 15) is 4.39 Å². The molecule has 7 heteroatoms. The van der Waals surface area contributed by atoms with Crippen LogP contribution in [0.4, 0.5) is 4.39 Å². The Bertz CT molecular complexity index is 512. The molecule has 2 heterocycles. The number of nitrogens with zero attached hydrogens (tertiary/aromatic N) is 1. The second kappa shape index (κ2) is 5.22. The number of fused-ring (bicyclic) bond motifs is 1. The molecule has 0 aromatic heterocycles. The average molecular weight is 289 g/mol. The van der Waals surface area contributed by atoms with Crippen molar-refractivity contribution in [1.82, 2.24) is 5.32 Å². The highest BCUT2D eigenvalue weighted by atomic mass is 35.5. The number of benzene rings is 1. The van der Waals surface area contributed by atoms with E-state index in [4.69, 9.17) is 14.2 Å². The Balaban J connectivity index is 0.00000133. The quantitative estimate of drug-likeness (QED) is 0.893. The summed E-state index contributed by atoms with van der Waals surface area (Å²) in [6.45, 7) is 1.58. The zero-order valence-electron chi connectivity index (χ0n) is 10.3. The number of ether oxygens (including phenoxy) is 3. The molecule has 104 valence electrons. The lowest BCUT2D eigenvalue weighted by molar-refractivity contribution is -0.145. The third-order valence-electron chi connectivity index (χ3n) is 2.96. The van der Waals surface area contributed by atoms with Gasteiger partial charge in [0.25, 0.3) is 0 Å². The molecule has 0 bridgehead atoms. The van der Waals surface area contributed by atoms with Crippen molar-refractivity contribution in [2.45, 2.75) is 5.79 Å². The van der Waals surface area contributed by atoms with Gasteiger partial charge in [-0.15, -0.1) is 12.4 Å². The Morgan fingerprint density at radius 3 is 2.95 bits per heavy atom. The molecular weight excluding hydrogens is 275 g/mol. The van der Waals surface area contributed by atoms with Gasteiger partial charge in [0.05, 0.1) is 6.54 Å². The third kappa shape index (κ3) is 2.33. The minimum atomic E-state index is -1.11. The average Bonchev–Trinajstić information content (AvgIpc) is 2.92. The second-order valence-corrected chi connectivity index (χ2v) is 4.10. The molecule has 1 aromatic carbocycles. The fraction of sp³-hybridized carbons (Fsp3) is 0.417. The molecule has 19 heavy (non-hydrogen) atoms. The number of aliphatic imine (C=N–C) groups is 1. The van der Waals surface area contributed by atoms with E-state index in [1.807, 2.05) is 0 Å². The molecule has 0 aliphatic carbocycles. The minimum absolute atomic E-state index is 0. The van der Waals surface area contributed by atoms with Crippen LogP contribution < -0.4 is 14.8 Å². The lowest BCUT2D eigenvalue weighted by Gasteiger charge is -2.36. The van der Waals surface area contributed by atoms with Crippen molar-refractivity contribution in [2.75, 3.05) is 26.8 Å². The van der Waals surface area contributed by atoms with Crippen LogP contribution in [0.1, 0.15) is 0 Å². The minimum Gasteiger partial charge on any atom is -0.482 e. The first kappa shape index (κ1) is 13.9. The van der Waals surface area contributed by atoms with Crippen LogP contribution in [0.3, 0.4) is 0 Å². The molecular formula is C12H14ClFN2O3. The molecule has 0 radical (unpaired) electrons. The summed E-state index contributed by atoms with van der Waals surface area (Å²) in [7, 11) is 1.51. The first-order chi connectivity index (χ1) is 8.73. The van der Waals surface area contributed by atoms with Crippen LogP contribution in [-0.4, -0.2) is 38.4 Å². The van der Waals surface area contributed by atoms with Crippen molar-refractivity contribution >= 4 is 18.2 Å². The van der Waals surface area contributed by atoms with E-state index in [2.05, 4.69) is 10.3 Å². The van der Waals surface area contributed by atoms with Crippen LogP contribution in [0.25, 0.3) is 0 Å². The zero-order valence-corrected chi connectivity index (χ0v) is 11.1. The van der Waals surface area contributed by atoms with Crippen LogP contribution in [0.5, 0.6) is 11.5 Å². The van der Waals surface area contributed by atoms with Crippen LogP contribution in [0, 0.1) is 5.82 Å². The molecule has 5 nitrogen and oxygen atoms in total. The number of methoxy groups -OCH3 is 1. The van der Waals surface area contributed by atoms with Gasteiger partial charge < -0.3 is 19.5 Å². The number of halogens is 2. The van der Waals surface area contributed by atoms with E-state index >= 15 is 0 Å². The van der Waals surface area contributed by atoms with Crippen molar-refractivity contribution in [3.8, 4) is 11.5 Å². The van der Waals surface area contributed by atoms with Crippen LogP contribution >= 0.6 is 12.4 Å². The first-order valence-electron chi connectivity index (χ1n) is 5.69. The largest absolute Gasteiger partial charge is 0.482 e. The van der Waals surface area contributed by atoms with Crippen molar-refractivity contribution in [2.24, 2.45) is 4.99 Å². The molecule has 3 rings (SSSR count). The zero-order chi connectivity index (χ0) is 12.6. The standard InChI is InChI=1S/C12H13FN2O3.ClH/c1-16-12(11-14-4-5-15-11)7-17-9-3-2-8(13)6-10(9)18-12;/h2-3,6H,4-5,7H2,1H3,(H,14,15);1H. The molecule has 0 saturated carbocycles. The molecule has 1 aromatic rings. The van der Waals surface area contributed by atoms with E-state index < -0.39 is 5.79 Å². The Labute approximate surface area is 116 Å². The van der Waals surface area contributed by atoms with Gasteiger partial charge in [-0.25, -0.2) is 4.39 Å². The maximum absolute atomic E-state index is 13.2. The van der Waals surface area contributed by atoms with Crippen LogP contribution in [0.15, 0.2) is 23.2 Å². The summed E-state index contributed by atoms with van der Waals surface area (Å²) in [5, 5.41) is 3.09. The molecule has 1 atom stereocenters. The summed E-state index contributed by atoms with van der Waals surface area (Å²) < 4.78 is 29.9. The van der Waals surface area contributed by atoms with Crippen LogP contribution in [-0.2, 0) is 4.74 Å². The van der Waals surface area contributed by atoms with E-state index in [1.165, 1.54) is 25.3 Å². The lowest BCUT2D eigenvalue weighted by Crippen LogP contribution is -2.57. The third-order valence-corrected chi connectivity index (χ3v) is 2.96. The summed E-state index contributed by atoms with van der Waals surface area (Å²) in [6.07, 6.45) is 0. The van der Waals surface area contributed by atoms with Gasteiger partial charge in [-0.1, -0.05) is 0 Å². The topological polar surface area (TPSA) is 52.1 Å². The highest BCUT2D eigenvalue weighted by Gasteiger charge is 2.44. The van der Waals surface area contributed by atoms with E-state index in [1.54, 1.807) is 0 Å². The van der Waals surface area contributed by atoms with Gasteiger partial charge in [-0.3, -0.25) is 4.99 Å².